The minimum absolute atomic E-state index is 0.0108. The van der Waals surface area contributed by atoms with Gasteiger partial charge in [0, 0.05) is 27.2 Å². The maximum absolute atomic E-state index is 11.9. The van der Waals surface area contributed by atoms with E-state index in [0.29, 0.717) is 32.3 Å². The normalized spacial score (nSPS) is 11.7. The Labute approximate surface area is 162 Å². The molecule has 27 heavy (non-hydrogen) atoms. The van der Waals surface area contributed by atoms with Crippen LogP contribution in [-0.2, 0) is 11.2 Å². The van der Waals surface area contributed by atoms with Crippen molar-refractivity contribution < 1.29 is 14.3 Å². The molecule has 7 heteroatoms. The molecule has 0 aliphatic heterocycles. The fourth-order valence-corrected chi connectivity index (χ4v) is 2.52. The fraction of sp³-hybridized carbons (Fsp3) is 0.600. The van der Waals surface area contributed by atoms with E-state index in [2.05, 4.69) is 20.9 Å². The highest BCUT2D eigenvalue weighted by Crippen LogP contribution is 2.28. The summed E-state index contributed by atoms with van der Waals surface area (Å²) in [5.41, 5.74) is 0.629. The average molecular weight is 379 g/mol. The zero-order valence-electron chi connectivity index (χ0n) is 17.4. The predicted octanol–water partition coefficient (Wildman–Crippen LogP) is 1.96. The van der Waals surface area contributed by atoms with Gasteiger partial charge in [-0.25, -0.2) is 0 Å². The second-order valence-electron chi connectivity index (χ2n) is 6.71. The third kappa shape index (κ3) is 7.37. The van der Waals surface area contributed by atoms with Gasteiger partial charge >= 0.3 is 0 Å². The number of nitrogens with one attached hydrogen (secondary N) is 3. The second kappa shape index (κ2) is 11.3. The monoisotopic (exact) mass is 378 g/mol. The smallest absolute Gasteiger partial charge is 0.227 e. The fourth-order valence-electron chi connectivity index (χ4n) is 2.52. The number of carbonyl (C=O) groups excluding carboxylic acids is 1. The molecule has 152 valence electrons. The van der Waals surface area contributed by atoms with E-state index >= 15 is 0 Å². The van der Waals surface area contributed by atoms with Crippen molar-refractivity contribution in [1.29, 1.82) is 0 Å². The topological polar surface area (TPSA) is 84.0 Å². The van der Waals surface area contributed by atoms with E-state index in [4.69, 9.17) is 9.47 Å². The molecular formula is C20H34N4O3. The van der Waals surface area contributed by atoms with E-state index in [-0.39, 0.29) is 5.91 Å². The van der Waals surface area contributed by atoms with Gasteiger partial charge in [0.15, 0.2) is 17.5 Å². The molecule has 0 saturated carbocycles. The molecule has 1 amide bonds. The Hall–Kier alpha value is -2.44. The number of amides is 1. The second-order valence-corrected chi connectivity index (χ2v) is 6.71. The van der Waals surface area contributed by atoms with E-state index in [1.807, 2.05) is 45.9 Å². The van der Waals surface area contributed by atoms with E-state index in [1.165, 1.54) is 0 Å². The summed E-state index contributed by atoms with van der Waals surface area (Å²) in [4.78, 5) is 16.1. The number of aliphatic imine (C=N–C) groups is 1. The lowest BCUT2D eigenvalue weighted by Crippen LogP contribution is -2.47. The first-order valence-electron chi connectivity index (χ1n) is 9.43. The van der Waals surface area contributed by atoms with Crippen LogP contribution in [0.5, 0.6) is 11.5 Å². The molecule has 0 bridgehead atoms. The number of rotatable bonds is 10. The van der Waals surface area contributed by atoms with Crippen LogP contribution >= 0.6 is 0 Å². The Bertz CT molecular complexity index is 630. The average Bonchev–Trinajstić information content (AvgIpc) is 2.66. The SMILES string of the molecule is CCOc1ccc(CCNC(=NC)NCC(C)(C)C(=O)NC)cc1OCC. The molecule has 0 saturated heterocycles. The van der Waals surface area contributed by atoms with Crippen LogP contribution in [0.25, 0.3) is 0 Å². The Morgan fingerprint density at radius 2 is 1.78 bits per heavy atom. The summed E-state index contributed by atoms with van der Waals surface area (Å²) in [6, 6.07) is 6.00. The van der Waals surface area contributed by atoms with E-state index in [0.717, 1.165) is 23.5 Å². The van der Waals surface area contributed by atoms with Crippen LogP contribution in [-0.4, -0.2) is 52.3 Å². The summed E-state index contributed by atoms with van der Waals surface area (Å²) in [5.74, 6) is 2.20. The van der Waals surface area contributed by atoms with Crippen LogP contribution in [0.4, 0.5) is 0 Å². The maximum atomic E-state index is 11.9. The highest BCUT2D eigenvalue weighted by Gasteiger charge is 2.26. The third-order valence-corrected chi connectivity index (χ3v) is 4.08. The number of carbonyl (C=O) groups is 1. The first-order chi connectivity index (χ1) is 12.9. The van der Waals surface area contributed by atoms with Gasteiger partial charge in [-0.05, 0) is 51.8 Å². The van der Waals surface area contributed by atoms with Crippen molar-refractivity contribution in [3.05, 3.63) is 23.8 Å². The molecule has 1 aromatic rings. The van der Waals surface area contributed by atoms with E-state index in [9.17, 15) is 4.79 Å². The molecule has 0 aliphatic carbocycles. The first kappa shape index (κ1) is 22.6. The van der Waals surface area contributed by atoms with Crippen molar-refractivity contribution in [2.45, 2.75) is 34.1 Å². The Morgan fingerprint density at radius 1 is 1.11 bits per heavy atom. The van der Waals surface area contributed by atoms with Crippen molar-refractivity contribution in [3.8, 4) is 11.5 Å². The van der Waals surface area contributed by atoms with Gasteiger partial charge in [-0.15, -0.1) is 0 Å². The maximum Gasteiger partial charge on any atom is 0.227 e. The lowest BCUT2D eigenvalue weighted by atomic mass is 9.92. The van der Waals surface area contributed by atoms with Crippen molar-refractivity contribution in [1.82, 2.24) is 16.0 Å². The molecule has 0 atom stereocenters. The quantitative estimate of drug-likeness (QED) is 0.428. The van der Waals surface area contributed by atoms with Crippen molar-refractivity contribution in [2.75, 3.05) is 40.4 Å². The molecule has 1 rings (SSSR count). The highest BCUT2D eigenvalue weighted by atomic mass is 16.5. The van der Waals surface area contributed by atoms with E-state index < -0.39 is 5.41 Å². The minimum atomic E-state index is -0.520. The van der Waals surface area contributed by atoms with E-state index in [1.54, 1.807) is 14.1 Å². The molecule has 0 radical (unpaired) electrons. The first-order valence-corrected chi connectivity index (χ1v) is 9.43. The Balaban J connectivity index is 2.57. The van der Waals surface area contributed by atoms with Gasteiger partial charge in [0.1, 0.15) is 0 Å². The molecule has 7 nitrogen and oxygen atoms in total. The highest BCUT2D eigenvalue weighted by molar-refractivity contribution is 5.84. The molecule has 0 aliphatic rings. The lowest BCUT2D eigenvalue weighted by Gasteiger charge is -2.24. The summed E-state index contributed by atoms with van der Waals surface area (Å²) < 4.78 is 11.3. The van der Waals surface area contributed by atoms with Crippen LogP contribution in [0.1, 0.15) is 33.3 Å². The van der Waals surface area contributed by atoms with Crippen molar-refractivity contribution in [3.63, 3.8) is 0 Å². The largest absolute Gasteiger partial charge is 0.490 e. The predicted molar refractivity (Wildman–Crippen MR) is 110 cm³/mol. The zero-order chi connectivity index (χ0) is 20.3. The number of benzene rings is 1. The summed E-state index contributed by atoms with van der Waals surface area (Å²) in [7, 11) is 3.36. The summed E-state index contributed by atoms with van der Waals surface area (Å²) >= 11 is 0. The van der Waals surface area contributed by atoms with Crippen molar-refractivity contribution in [2.24, 2.45) is 10.4 Å². The van der Waals surface area contributed by atoms with Gasteiger partial charge in [0.05, 0.1) is 18.6 Å². The molecule has 0 unspecified atom stereocenters. The van der Waals surface area contributed by atoms with Crippen molar-refractivity contribution >= 4 is 11.9 Å². The van der Waals surface area contributed by atoms with Crippen LogP contribution in [0.2, 0.25) is 0 Å². The third-order valence-electron chi connectivity index (χ3n) is 4.08. The van der Waals surface area contributed by atoms with Gasteiger partial charge in [-0.2, -0.15) is 0 Å². The molecule has 0 heterocycles. The molecule has 3 N–H and O–H groups in total. The number of guanidine groups is 1. The zero-order valence-corrected chi connectivity index (χ0v) is 17.4. The van der Waals surface area contributed by atoms with Gasteiger partial charge in [0.25, 0.3) is 0 Å². The lowest BCUT2D eigenvalue weighted by molar-refractivity contribution is -0.128. The number of hydrogen-bond acceptors (Lipinski definition) is 4. The molecule has 1 aromatic carbocycles. The molecule has 0 fully saturated rings. The van der Waals surface area contributed by atoms with Crippen LogP contribution in [0.15, 0.2) is 23.2 Å². The van der Waals surface area contributed by atoms with Gasteiger partial charge < -0.3 is 25.4 Å². The summed E-state index contributed by atoms with van der Waals surface area (Å²) in [5, 5.41) is 9.16. The van der Waals surface area contributed by atoms with Gasteiger partial charge in [-0.1, -0.05) is 6.07 Å². The Kier molecular flexibility index (Phi) is 9.47. The van der Waals surface area contributed by atoms with Crippen LogP contribution in [0.3, 0.4) is 0 Å². The van der Waals surface area contributed by atoms with Gasteiger partial charge in [0.2, 0.25) is 5.91 Å². The minimum Gasteiger partial charge on any atom is -0.490 e. The van der Waals surface area contributed by atoms with Gasteiger partial charge in [-0.3, -0.25) is 9.79 Å². The number of hydrogen-bond donors (Lipinski definition) is 3. The molecular weight excluding hydrogens is 344 g/mol. The number of ether oxygens (including phenoxy) is 2. The summed E-state index contributed by atoms with van der Waals surface area (Å²) in [6.07, 6.45) is 0.812. The summed E-state index contributed by atoms with van der Waals surface area (Å²) in [6.45, 7) is 10.1. The Morgan fingerprint density at radius 3 is 2.37 bits per heavy atom. The standard InChI is InChI=1S/C20H34N4O3/c1-7-26-16-10-9-15(13-17(16)27-8-2)11-12-23-19(22-6)24-14-20(3,4)18(25)21-5/h9-10,13H,7-8,11-12,14H2,1-6H3,(H,21,25)(H2,22,23,24). The van der Waals surface area contributed by atoms with Crippen LogP contribution < -0.4 is 25.4 Å². The molecule has 0 aromatic heterocycles. The number of nitrogens with zero attached hydrogens (tertiary/aromatic N) is 1. The molecule has 0 spiro atoms. The van der Waals surface area contributed by atoms with Crippen LogP contribution in [0, 0.1) is 5.41 Å².